The topological polar surface area (TPSA) is 93.7 Å². The number of halogens is 1. The van der Waals surface area contributed by atoms with Gasteiger partial charge >= 0.3 is 5.97 Å². The Kier molecular flexibility index (Phi) is 6.43. The van der Waals surface area contributed by atoms with E-state index in [1.807, 2.05) is 18.2 Å². The summed E-state index contributed by atoms with van der Waals surface area (Å²) >= 11 is 7.20. The van der Waals surface area contributed by atoms with Gasteiger partial charge in [0.1, 0.15) is 5.75 Å². The van der Waals surface area contributed by atoms with Crippen LogP contribution in [-0.2, 0) is 19.1 Å². The third-order valence-electron chi connectivity index (χ3n) is 3.86. The van der Waals surface area contributed by atoms with Gasteiger partial charge in [-0.15, -0.1) is 11.8 Å². The summed E-state index contributed by atoms with van der Waals surface area (Å²) in [5, 5.41) is 5.14. The molecule has 0 unspecified atom stereocenters. The normalized spacial score (nSPS) is 15.2. The first-order chi connectivity index (χ1) is 13.5. The molecule has 146 valence electrons. The van der Waals surface area contributed by atoms with E-state index in [4.69, 9.17) is 21.1 Å². The summed E-state index contributed by atoms with van der Waals surface area (Å²) in [6.07, 6.45) is -0.140. The quantitative estimate of drug-likeness (QED) is 0.696. The molecule has 28 heavy (non-hydrogen) atoms. The fourth-order valence-corrected chi connectivity index (χ4v) is 3.81. The Bertz CT molecular complexity index is 921. The Morgan fingerprint density at radius 3 is 2.82 bits per heavy atom. The van der Waals surface area contributed by atoms with Crippen LogP contribution in [0.2, 0.25) is 5.02 Å². The summed E-state index contributed by atoms with van der Waals surface area (Å²) < 4.78 is 10.1. The molecule has 9 heteroatoms. The summed E-state index contributed by atoms with van der Waals surface area (Å²) in [4.78, 5) is 37.1. The summed E-state index contributed by atoms with van der Waals surface area (Å²) in [6.45, 7) is -0.482. The molecule has 2 amide bonds. The number of benzene rings is 2. The van der Waals surface area contributed by atoms with E-state index in [0.717, 1.165) is 10.6 Å². The first-order valence-corrected chi connectivity index (χ1v) is 9.57. The average Bonchev–Trinajstić information content (AvgIpc) is 2.67. The number of methoxy groups -OCH3 is 1. The van der Waals surface area contributed by atoms with Crippen LogP contribution in [0.15, 0.2) is 47.4 Å². The predicted octanol–water partition coefficient (Wildman–Crippen LogP) is 3.33. The van der Waals surface area contributed by atoms with Gasteiger partial charge in [0.15, 0.2) is 6.61 Å². The van der Waals surface area contributed by atoms with Gasteiger partial charge in [-0.05, 0) is 30.3 Å². The van der Waals surface area contributed by atoms with E-state index in [1.165, 1.54) is 24.9 Å². The maximum Gasteiger partial charge on any atom is 0.307 e. The molecule has 7 nitrogen and oxygen atoms in total. The molecule has 0 aromatic heterocycles. The molecule has 2 N–H and O–H groups in total. The third-order valence-corrected chi connectivity index (χ3v) is 5.37. The lowest BCUT2D eigenvalue weighted by molar-refractivity contribution is -0.147. The highest BCUT2D eigenvalue weighted by Crippen LogP contribution is 2.36. The molecule has 0 radical (unpaired) electrons. The number of hydrogen-bond acceptors (Lipinski definition) is 6. The Hall–Kier alpha value is -2.71. The second-order valence-electron chi connectivity index (χ2n) is 5.85. The number of carbonyl (C=O) groups is 3. The molecular weight excluding hydrogens is 404 g/mol. The first-order valence-electron chi connectivity index (χ1n) is 8.32. The number of thioether (sulfide) groups is 1. The van der Waals surface area contributed by atoms with Crippen molar-refractivity contribution in [3.8, 4) is 5.75 Å². The van der Waals surface area contributed by atoms with Gasteiger partial charge in [-0.1, -0.05) is 23.7 Å². The molecule has 2 aromatic carbocycles. The second-order valence-corrected chi connectivity index (χ2v) is 7.53. The number of amides is 2. The lowest BCUT2D eigenvalue weighted by Gasteiger charge is -2.23. The largest absolute Gasteiger partial charge is 0.495 e. The van der Waals surface area contributed by atoms with Crippen LogP contribution in [0.4, 0.5) is 11.4 Å². The lowest BCUT2D eigenvalue weighted by atomic mass is 10.2. The molecule has 0 fully saturated rings. The van der Waals surface area contributed by atoms with Crippen molar-refractivity contribution in [1.82, 2.24) is 0 Å². The van der Waals surface area contributed by atoms with E-state index in [9.17, 15) is 14.4 Å². The Labute approximate surface area is 170 Å². The van der Waals surface area contributed by atoms with Gasteiger partial charge in [0, 0.05) is 9.92 Å². The van der Waals surface area contributed by atoms with Gasteiger partial charge in [-0.2, -0.15) is 0 Å². The van der Waals surface area contributed by atoms with Gasteiger partial charge in [-0.3, -0.25) is 14.4 Å². The SMILES string of the molecule is COc1ccc(Cl)cc1NC(=O)COC(=O)C[C@H]1Sc2ccccc2NC1=O. The minimum Gasteiger partial charge on any atom is -0.495 e. The summed E-state index contributed by atoms with van der Waals surface area (Å²) in [5.41, 5.74) is 1.09. The minimum absolute atomic E-state index is 0.140. The zero-order valence-corrected chi connectivity index (χ0v) is 16.4. The number of esters is 1. The van der Waals surface area contributed by atoms with Crippen molar-refractivity contribution >= 4 is 52.5 Å². The van der Waals surface area contributed by atoms with Crippen LogP contribution in [0, 0.1) is 0 Å². The van der Waals surface area contributed by atoms with Crippen molar-refractivity contribution < 1.29 is 23.9 Å². The van der Waals surface area contributed by atoms with E-state index < -0.39 is 23.7 Å². The first kappa shape index (κ1) is 20.0. The number of nitrogens with one attached hydrogen (secondary N) is 2. The number of rotatable bonds is 6. The maximum atomic E-state index is 12.1. The molecule has 1 heterocycles. The minimum atomic E-state index is -0.639. The van der Waals surface area contributed by atoms with Crippen molar-refractivity contribution in [3.63, 3.8) is 0 Å². The van der Waals surface area contributed by atoms with E-state index in [1.54, 1.807) is 18.2 Å². The molecular formula is C19H17ClN2O5S. The van der Waals surface area contributed by atoms with Crippen molar-refractivity contribution in [3.05, 3.63) is 47.5 Å². The van der Waals surface area contributed by atoms with E-state index in [2.05, 4.69) is 10.6 Å². The van der Waals surface area contributed by atoms with Gasteiger partial charge < -0.3 is 20.1 Å². The van der Waals surface area contributed by atoms with Crippen LogP contribution in [-0.4, -0.2) is 36.8 Å². The van der Waals surface area contributed by atoms with Crippen LogP contribution in [0.5, 0.6) is 5.75 Å². The van der Waals surface area contributed by atoms with Crippen LogP contribution >= 0.6 is 23.4 Å². The highest BCUT2D eigenvalue weighted by molar-refractivity contribution is 8.01. The van der Waals surface area contributed by atoms with Crippen molar-refractivity contribution in [2.45, 2.75) is 16.6 Å². The van der Waals surface area contributed by atoms with Crippen molar-refractivity contribution in [1.29, 1.82) is 0 Å². The molecule has 0 bridgehead atoms. The summed E-state index contributed by atoms with van der Waals surface area (Å²) in [6, 6.07) is 12.1. The second kappa shape index (κ2) is 8.99. The van der Waals surface area contributed by atoms with Gasteiger partial charge in [0.25, 0.3) is 5.91 Å². The Morgan fingerprint density at radius 2 is 2.04 bits per heavy atom. The van der Waals surface area contributed by atoms with Crippen LogP contribution < -0.4 is 15.4 Å². The van der Waals surface area contributed by atoms with E-state index in [-0.39, 0.29) is 12.3 Å². The van der Waals surface area contributed by atoms with Gasteiger partial charge in [0.2, 0.25) is 5.91 Å². The smallest absolute Gasteiger partial charge is 0.307 e. The average molecular weight is 421 g/mol. The lowest BCUT2D eigenvalue weighted by Crippen LogP contribution is -2.32. The van der Waals surface area contributed by atoms with Crippen LogP contribution in [0.1, 0.15) is 6.42 Å². The van der Waals surface area contributed by atoms with Gasteiger partial charge in [0.05, 0.1) is 30.2 Å². The number of para-hydroxylation sites is 1. The zero-order valence-electron chi connectivity index (χ0n) is 14.9. The molecule has 1 aliphatic heterocycles. The highest BCUT2D eigenvalue weighted by atomic mass is 35.5. The number of ether oxygens (including phenoxy) is 2. The van der Waals surface area contributed by atoms with Crippen LogP contribution in [0.25, 0.3) is 0 Å². The summed E-state index contributed by atoms with van der Waals surface area (Å²) in [5.74, 6) is -1.02. The number of hydrogen-bond donors (Lipinski definition) is 2. The molecule has 0 saturated carbocycles. The molecule has 3 rings (SSSR count). The fraction of sp³-hybridized carbons (Fsp3) is 0.211. The van der Waals surface area contributed by atoms with Crippen LogP contribution in [0.3, 0.4) is 0 Å². The number of anilines is 2. The molecule has 0 saturated heterocycles. The number of fused-ring (bicyclic) bond motifs is 1. The number of carbonyl (C=O) groups excluding carboxylic acids is 3. The Morgan fingerprint density at radius 1 is 1.25 bits per heavy atom. The van der Waals surface area contributed by atoms with Crippen molar-refractivity contribution in [2.75, 3.05) is 24.4 Å². The third kappa shape index (κ3) is 4.96. The van der Waals surface area contributed by atoms with Gasteiger partial charge in [-0.25, -0.2) is 0 Å². The molecule has 0 spiro atoms. The standard InChI is InChI=1S/C19H17ClN2O5S/c1-26-14-7-6-11(20)8-13(14)21-17(23)10-27-18(24)9-16-19(25)22-12-4-2-3-5-15(12)28-16/h2-8,16H,9-10H2,1H3,(H,21,23)(H,22,25)/t16-/m1/s1. The summed E-state index contributed by atoms with van der Waals surface area (Å²) in [7, 11) is 1.46. The van der Waals surface area contributed by atoms with E-state index >= 15 is 0 Å². The monoisotopic (exact) mass is 420 g/mol. The Balaban J connectivity index is 1.51. The highest BCUT2D eigenvalue weighted by Gasteiger charge is 2.29. The molecule has 1 atom stereocenters. The maximum absolute atomic E-state index is 12.1. The predicted molar refractivity (Wildman–Crippen MR) is 107 cm³/mol. The molecule has 0 aliphatic carbocycles. The fourth-order valence-electron chi connectivity index (χ4n) is 2.55. The zero-order chi connectivity index (χ0) is 20.1. The molecule has 2 aromatic rings. The molecule has 1 aliphatic rings. The van der Waals surface area contributed by atoms with Crippen molar-refractivity contribution in [2.24, 2.45) is 0 Å². The van der Waals surface area contributed by atoms with E-state index in [0.29, 0.717) is 16.5 Å².